The molecular weight excluding hydrogens is 371 g/mol. The predicted molar refractivity (Wildman–Crippen MR) is 96.9 cm³/mol. The van der Waals surface area contributed by atoms with Gasteiger partial charge in [0, 0.05) is 33.1 Å². The number of benzene rings is 2. The number of Topliss-reactive ketones (excluding diaryl/α,β-unsaturated/α-hetero) is 1. The van der Waals surface area contributed by atoms with Crippen molar-refractivity contribution in [1.82, 2.24) is 0 Å². The fourth-order valence-electron chi connectivity index (χ4n) is 1.95. The summed E-state index contributed by atoms with van der Waals surface area (Å²) in [5.41, 5.74) is 1.32. The Morgan fingerprint density at radius 2 is 1.62 bits per heavy atom. The van der Waals surface area contributed by atoms with E-state index >= 15 is 0 Å². The van der Waals surface area contributed by atoms with E-state index < -0.39 is 5.97 Å². The molecule has 24 heavy (non-hydrogen) atoms. The van der Waals surface area contributed by atoms with Crippen LogP contribution in [0.4, 0.5) is 0 Å². The molecule has 0 aliphatic carbocycles. The third-order valence-electron chi connectivity index (χ3n) is 3.12. The molecule has 6 heteroatoms. The molecule has 0 fully saturated rings. The van der Waals surface area contributed by atoms with Gasteiger partial charge in [0.05, 0.1) is 0 Å². The highest BCUT2D eigenvalue weighted by atomic mass is 35.5. The average molecular weight is 384 g/mol. The van der Waals surface area contributed by atoms with Gasteiger partial charge in [0.2, 0.25) is 0 Å². The van der Waals surface area contributed by atoms with E-state index in [0.717, 1.165) is 0 Å². The van der Waals surface area contributed by atoms with Crippen LogP contribution < -0.4 is 0 Å². The summed E-state index contributed by atoms with van der Waals surface area (Å²) < 4.78 is 4.98. The normalized spacial score (nSPS) is 11.2. The third kappa shape index (κ3) is 5.10. The van der Waals surface area contributed by atoms with E-state index in [2.05, 4.69) is 0 Å². The van der Waals surface area contributed by atoms with Crippen LogP contribution in [0.15, 0.2) is 48.0 Å². The summed E-state index contributed by atoms with van der Waals surface area (Å²) in [4.78, 5) is 23.8. The summed E-state index contributed by atoms with van der Waals surface area (Å²) >= 11 is 17.9. The van der Waals surface area contributed by atoms with Gasteiger partial charge in [-0.3, -0.25) is 9.59 Å². The monoisotopic (exact) mass is 382 g/mol. The smallest absolute Gasteiger partial charge is 0.302 e. The van der Waals surface area contributed by atoms with Crippen LogP contribution in [0.3, 0.4) is 0 Å². The van der Waals surface area contributed by atoms with Crippen molar-refractivity contribution in [2.75, 3.05) is 6.61 Å². The number of ether oxygens (including phenoxy) is 1. The van der Waals surface area contributed by atoms with Crippen molar-refractivity contribution >= 4 is 52.6 Å². The van der Waals surface area contributed by atoms with Crippen molar-refractivity contribution < 1.29 is 14.3 Å². The lowest BCUT2D eigenvalue weighted by atomic mass is 10.0. The van der Waals surface area contributed by atoms with Crippen LogP contribution in [-0.4, -0.2) is 18.4 Å². The van der Waals surface area contributed by atoms with Gasteiger partial charge in [-0.05, 0) is 48.0 Å². The van der Waals surface area contributed by atoms with E-state index in [4.69, 9.17) is 39.5 Å². The van der Waals surface area contributed by atoms with E-state index in [-0.39, 0.29) is 18.0 Å². The van der Waals surface area contributed by atoms with Gasteiger partial charge in [0.1, 0.15) is 6.61 Å². The highest BCUT2D eigenvalue weighted by Crippen LogP contribution is 2.24. The zero-order valence-electron chi connectivity index (χ0n) is 12.7. The molecule has 0 unspecified atom stereocenters. The van der Waals surface area contributed by atoms with E-state index in [1.807, 2.05) is 0 Å². The minimum Gasteiger partial charge on any atom is -0.461 e. The Morgan fingerprint density at radius 1 is 1.00 bits per heavy atom. The van der Waals surface area contributed by atoms with Gasteiger partial charge in [-0.1, -0.05) is 40.9 Å². The van der Waals surface area contributed by atoms with Crippen molar-refractivity contribution in [1.29, 1.82) is 0 Å². The molecule has 0 atom stereocenters. The molecule has 0 amide bonds. The number of carbonyl (C=O) groups is 2. The van der Waals surface area contributed by atoms with Crippen LogP contribution in [0.1, 0.15) is 22.8 Å². The van der Waals surface area contributed by atoms with E-state index in [1.54, 1.807) is 48.5 Å². The fraction of sp³-hybridized carbons (Fsp3) is 0.111. The quantitative estimate of drug-likeness (QED) is 0.390. The first kappa shape index (κ1) is 18.5. The second-order valence-corrected chi connectivity index (χ2v) is 6.23. The Balaban J connectivity index is 2.39. The summed E-state index contributed by atoms with van der Waals surface area (Å²) in [7, 11) is 0. The number of rotatable bonds is 5. The summed E-state index contributed by atoms with van der Waals surface area (Å²) in [5, 5.41) is 1.41. The summed E-state index contributed by atoms with van der Waals surface area (Å²) in [6.45, 7) is 1.12. The lowest BCUT2D eigenvalue weighted by Gasteiger charge is -2.09. The number of hydrogen-bond acceptors (Lipinski definition) is 3. The maximum Gasteiger partial charge on any atom is 0.302 e. The Labute approximate surface area is 154 Å². The first-order valence-electron chi connectivity index (χ1n) is 6.96. The molecule has 0 saturated carbocycles. The predicted octanol–water partition coefficient (Wildman–Crippen LogP) is 5.48. The molecule has 0 aliphatic heterocycles. The molecule has 0 heterocycles. The fourth-order valence-corrected chi connectivity index (χ4v) is 2.53. The first-order valence-corrected chi connectivity index (χ1v) is 8.09. The van der Waals surface area contributed by atoms with E-state index in [1.165, 1.54) is 6.92 Å². The molecule has 0 aromatic heterocycles. The highest BCUT2D eigenvalue weighted by molar-refractivity contribution is 6.35. The van der Waals surface area contributed by atoms with Gasteiger partial charge >= 0.3 is 5.97 Å². The second kappa shape index (κ2) is 8.34. The van der Waals surface area contributed by atoms with Crippen LogP contribution in [0, 0.1) is 0 Å². The topological polar surface area (TPSA) is 43.4 Å². The molecule has 2 aromatic rings. The van der Waals surface area contributed by atoms with Crippen LogP contribution in [-0.2, 0) is 9.53 Å². The van der Waals surface area contributed by atoms with Crippen LogP contribution in [0.2, 0.25) is 15.1 Å². The maximum atomic E-state index is 12.7. The average Bonchev–Trinajstić information content (AvgIpc) is 2.53. The first-order chi connectivity index (χ1) is 11.4. The molecule has 0 spiro atoms. The lowest BCUT2D eigenvalue weighted by molar-refractivity contribution is -0.139. The Bertz CT molecular complexity index is 796. The van der Waals surface area contributed by atoms with Gasteiger partial charge in [-0.25, -0.2) is 0 Å². The molecular formula is C18H13Cl3O3. The number of carbonyl (C=O) groups excluding carboxylic acids is 2. The number of esters is 1. The van der Waals surface area contributed by atoms with Crippen molar-refractivity contribution in [3.63, 3.8) is 0 Å². The zero-order chi connectivity index (χ0) is 17.7. The molecule has 0 saturated heterocycles. The molecule has 2 aromatic carbocycles. The number of hydrogen-bond donors (Lipinski definition) is 0. The lowest BCUT2D eigenvalue weighted by Crippen LogP contribution is -2.12. The van der Waals surface area contributed by atoms with Crippen LogP contribution in [0.5, 0.6) is 0 Å². The standard InChI is InChI=1S/C18H13Cl3O3/c1-11(22)24-10-14(8-13-4-7-16(20)9-17(13)21)18(23)12-2-5-15(19)6-3-12/h2-9H,10H2,1H3/b14-8+. The summed E-state index contributed by atoms with van der Waals surface area (Å²) in [5.74, 6) is -0.758. The van der Waals surface area contributed by atoms with E-state index in [9.17, 15) is 9.59 Å². The van der Waals surface area contributed by atoms with Gasteiger partial charge in [-0.15, -0.1) is 0 Å². The minimum atomic E-state index is -0.480. The van der Waals surface area contributed by atoms with Gasteiger partial charge in [0.15, 0.2) is 5.78 Å². The maximum absolute atomic E-state index is 12.7. The molecule has 0 bridgehead atoms. The molecule has 0 aliphatic rings. The molecule has 0 N–H and O–H groups in total. The Hall–Kier alpha value is -1.81. The van der Waals surface area contributed by atoms with Crippen molar-refractivity contribution in [2.45, 2.75) is 6.92 Å². The van der Waals surface area contributed by atoms with Gasteiger partial charge < -0.3 is 4.74 Å². The van der Waals surface area contributed by atoms with Crippen molar-refractivity contribution in [3.05, 3.63) is 74.2 Å². The largest absolute Gasteiger partial charge is 0.461 e. The van der Waals surface area contributed by atoms with E-state index in [0.29, 0.717) is 26.2 Å². The summed E-state index contributed by atoms with van der Waals surface area (Å²) in [6.07, 6.45) is 1.58. The molecule has 2 rings (SSSR count). The number of halogens is 3. The third-order valence-corrected chi connectivity index (χ3v) is 3.94. The molecule has 124 valence electrons. The van der Waals surface area contributed by atoms with Crippen LogP contribution >= 0.6 is 34.8 Å². The SMILES string of the molecule is CC(=O)OC/C(=C\c1ccc(Cl)cc1Cl)C(=O)c1ccc(Cl)cc1. The van der Waals surface area contributed by atoms with Gasteiger partial charge in [0.25, 0.3) is 0 Å². The summed E-state index contributed by atoms with van der Waals surface area (Å²) in [6, 6.07) is 11.4. The zero-order valence-corrected chi connectivity index (χ0v) is 15.0. The Morgan fingerprint density at radius 3 is 2.21 bits per heavy atom. The number of ketones is 1. The van der Waals surface area contributed by atoms with Gasteiger partial charge in [-0.2, -0.15) is 0 Å². The second-order valence-electron chi connectivity index (χ2n) is 4.95. The molecule has 3 nitrogen and oxygen atoms in total. The Kier molecular flexibility index (Phi) is 6.44. The molecule has 0 radical (unpaired) electrons. The van der Waals surface area contributed by atoms with Crippen molar-refractivity contribution in [2.24, 2.45) is 0 Å². The highest BCUT2D eigenvalue weighted by Gasteiger charge is 2.15. The van der Waals surface area contributed by atoms with Crippen LogP contribution in [0.25, 0.3) is 6.08 Å². The van der Waals surface area contributed by atoms with Crippen molar-refractivity contribution in [3.8, 4) is 0 Å². The minimum absolute atomic E-state index is 0.157.